The van der Waals surface area contributed by atoms with E-state index in [1.54, 1.807) is 16.8 Å². The van der Waals surface area contributed by atoms with Gasteiger partial charge in [0, 0.05) is 6.20 Å². The Balaban J connectivity index is 2.27. The second-order valence-corrected chi connectivity index (χ2v) is 5.55. The number of benzene rings is 1. The van der Waals surface area contributed by atoms with Gasteiger partial charge < -0.3 is 5.11 Å². The maximum atomic E-state index is 12.4. The molecule has 0 aliphatic rings. The second kappa shape index (κ2) is 4.39. The van der Waals surface area contributed by atoms with Crippen molar-refractivity contribution in [2.24, 2.45) is 0 Å². The van der Waals surface area contributed by atoms with Gasteiger partial charge in [0.25, 0.3) is 0 Å². The van der Waals surface area contributed by atoms with Crippen LogP contribution in [-0.4, -0.2) is 19.6 Å². The van der Waals surface area contributed by atoms with Crippen LogP contribution in [0.15, 0.2) is 47.4 Å². The molecule has 3 heterocycles. The molecular formula is C15H9N3O2S. The van der Waals surface area contributed by atoms with Gasteiger partial charge in [-0.3, -0.25) is 4.57 Å². The van der Waals surface area contributed by atoms with Gasteiger partial charge in [-0.1, -0.05) is 18.2 Å². The molecule has 4 aromatic rings. The first-order valence-corrected chi connectivity index (χ1v) is 7.11. The molecule has 0 amide bonds. The molecule has 21 heavy (non-hydrogen) atoms. The number of aromatic nitrogens is 3. The summed E-state index contributed by atoms with van der Waals surface area (Å²) in [5.74, 6) is 0. The number of pyridine rings is 1. The van der Waals surface area contributed by atoms with E-state index in [-0.39, 0.29) is 5.69 Å². The number of aliphatic hydroxyl groups excluding tert-OH is 1. The van der Waals surface area contributed by atoms with Crippen LogP contribution >= 0.6 is 11.3 Å². The van der Waals surface area contributed by atoms with Crippen LogP contribution in [0.4, 0.5) is 0 Å². The maximum absolute atomic E-state index is 12.4. The van der Waals surface area contributed by atoms with Crippen LogP contribution in [0.1, 0.15) is 0 Å². The third-order valence-corrected chi connectivity index (χ3v) is 4.36. The number of rotatable bonds is 1. The van der Waals surface area contributed by atoms with Crippen LogP contribution in [0, 0.1) is 0 Å². The van der Waals surface area contributed by atoms with E-state index in [0.29, 0.717) is 10.0 Å². The first-order valence-electron chi connectivity index (χ1n) is 6.29. The predicted octanol–water partition coefficient (Wildman–Crippen LogP) is 2.01. The number of para-hydroxylation sites is 1. The average Bonchev–Trinajstić information content (AvgIpc) is 2.87. The Morgan fingerprint density at radius 1 is 1.19 bits per heavy atom. The molecule has 1 aromatic carbocycles. The Hall–Kier alpha value is -2.73. The van der Waals surface area contributed by atoms with Crippen molar-refractivity contribution in [1.29, 1.82) is 0 Å². The minimum atomic E-state index is -0.372. The van der Waals surface area contributed by atoms with Crippen LogP contribution in [0.5, 0.6) is 0 Å². The molecule has 6 heteroatoms. The van der Waals surface area contributed by atoms with E-state index in [0.717, 1.165) is 27.7 Å². The fraction of sp³-hybridized carbons (Fsp3) is 0. The minimum absolute atomic E-state index is 0.372. The van der Waals surface area contributed by atoms with Gasteiger partial charge in [0.2, 0.25) is 0 Å². The highest BCUT2D eigenvalue weighted by Crippen LogP contribution is 2.25. The topological polar surface area (TPSA) is 68.0 Å². The molecule has 0 aliphatic heterocycles. The first-order chi connectivity index (χ1) is 10.3. The summed E-state index contributed by atoms with van der Waals surface area (Å²) in [5.41, 5.74) is 1.62. The molecule has 1 N–H and O–H groups in total. The van der Waals surface area contributed by atoms with Gasteiger partial charge in [-0.2, -0.15) is 4.98 Å². The van der Waals surface area contributed by atoms with Gasteiger partial charge >= 0.3 is 5.69 Å². The first kappa shape index (κ1) is 12.0. The Morgan fingerprint density at radius 2 is 2.00 bits per heavy atom. The van der Waals surface area contributed by atoms with Crippen molar-refractivity contribution in [3.05, 3.63) is 57.6 Å². The molecule has 0 spiro atoms. The van der Waals surface area contributed by atoms with E-state index in [2.05, 4.69) is 9.97 Å². The third kappa shape index (κ3) is 1.66. The lowest BCUT2D eigenvalue weighted by Gasteiger charge is -2.08. The minimum Gasteiger partial charge on any atom is -0.514 e. The van der Waals surface area contributed by atoms with Crippen LogP contribution in [0.2, 0.25) is 0 Å². The van der Waals surface area contributed by atoms with Crippen LogP contribution in [0.25, 0.3) is 33.2 Å². The van der Waals surface area contributed by atoms with E-state index >= 15 is 0 Å². The molecule has 0 saturated heterocycles. The molecule has 0 saturated carbocycles. The second-order valence-electron chi connectivity index (χ2n) is 4.52. The number of aliphatic hydroxyl groups is 1. The van der Waals surface area contributed by atoms with Gasteiger partial charge in [0.1, 0.15) is 10.3 Å². The van der Waals surface area contributed by atoms with Crippen LogP contribution < -0.4 is 10.2 Å². The summed E-state index contributed by atoms with van der Waals surface area (Å²) in [6.45, 7) is 0. The van der Waals surface area contributed by atoms with E-state index < -0.39 is 0 Å². The predicted molar refractivity (Wildman–Crippen MR) is 82.8 cm³/mol. The Morgan fingerprint density at radius 3 is 2.76 bits per heavy atom. The lowest BCUT2D eigenvalue weighted by atomic mass is 10.2. The van der Waals surface area contributed by atoms with E-state index in [1.165, 1.54) is 11.3 Å². The molecular weight excluding hydrogens is 286 g/mol. The van der Waals surface area contributed by atoms with Gasteiger partial charge in [-0.25, -0.2) is 9.78 Å². The molecule has 0 radical (unpaired) electrons. The Kier molecular flexibility index (Phi) is 2.52. The zero-order valence-electron chi connectivity index (χ0n) is 10.7. The van der Waals surface area contributed by atoms with E-state index in [1.807, 2.05) is 30.3 Å². The van der Waals surface area contributed by atoms with Crippen LogP contribution in [-0.2, 0) is 0 Å². The summed E-state index contributed by atoms with van der Waals surface area (Å²) in [6.07, 6.45) is 2.63. The van der Waals surface area contributed by atoms with Crippen molar-refractivity contribution >= 4 is 38.8 Å². The summed E-state index contributed by atoms with van der Waals surface area (Å²) < 4.78 is 2.11. The quantitative estimate of drug-likeness (QED) is 0.583. The zero-order chi connectivity index (χ0) is 14.4. The standard InChI is InChI=1S/C15H9N3O2S/c19-8-11-13-12-10(6-7-16-14(12)21-11)18(15(20)17-13)9-4-2-1-3-5-9/h1-8,19H. The lowest BCUT2D eigenvalue weighted by molar-refractivity contribution is 0.542. The summed E-state index contributed by atoms with van der Waals surface area (Å²) in [6, 6.07) is 11.1. The summed E-state index contributed by atoms with van der Waals surface area (Å²) in [4.78, 5) is 21.6. The largest absolute Gasteiger partial charge is 0.514 e. The molecule has 0 bridgehead atoms. The van der Waals surface area contributed by atoms with Crippen molar-refractivity contribution in [3.8, 4) is 5.69 Å². The SMILES string of the molecule is O=c1nc2c(=CO)sc3nccc(c32)n1-c1ccccc1. The van der Waals surface area contributed by atoms with Crippen molar-refractivity contribution in [2.75, 3.05) is 0 Å². The Bertz CT molecular complexity index is 1070. The molecule has 0 unspecified atom stereocenters. The van der Waals surface area contributed by atoms with Gasteiger partial charge in [-0.05, 0) is 18.2 Å². The lowest BCUT2D eigenvalue weighted by Crippen LogP contribution is -2.22. The molecule has 102 valence electrons. The highest BCUT2D eigenvalue weighted by Gasteiger charge is 2.15. The average molecular weight is 295 g/mol. The highest BCUT2D eigenvalue weighted by molar-refractivity contribution is 7.17. The van der Waals surface area contributed by atoms with Gasteiger partial charge in [-0.15, -0.1) is 11.3 Å². The van der Waals surface area contributed by atoms with Gasteiger partial charge in [0.05, 0.1) is 27.4 Å². The van der Waals surface area contributed by atoms with Crippen molar-refractivity contribution in [1.82, 2.24) is 14.5 Å². The van der Waals surface area contributed by atoms with Gasteiger partial charge in [0.15, 0.2) is 0 Å². The third-order valence-electron chi connectivity index (χ3n) is 3.34. The maximum Gasteiger partial charge on any atom is 0.353 e. The number of nitrogens with zero attached hydrogens (tertiary/aromatic N) is 3. The normalized spacial score (nSPS) is 12.5. The molecule has 5 nitrogen and oxygen atoms in total. The summed E-state index contributed by atoms with van der Waals surface area (Å²) >= 11 is 1.31. The van der Waals surface area contributed by atoms with Crippen molar-refractivity contribution in [3.63, 3.8) is 0 Å². The summed E-state index contributed by atoms with van der Waals surface area (Å²) in [7, 11) is 0. The summed E-state index contributed by atoms with van der Waals surface area (Å²) in [5, 5.41) is 10.1. The molecule has 4 rings (SSSR count). The van der Waals surface area contributed by atoms with Crippen molar-refractivity contribution < 1.29 is 5.11 Å². The highest BCUT2D eigenvalue weighted by atomic mass is 32.1. The van der Waals surface area contributed by atoms with E-state index in [4.69, 9.17) is 0 Å². The smallest absolute Gasteiger partial charge is 0.353 e. The molecule has 3 aromatic heterocycles. The monoisotopic (exact) mass is 295 g/mol. The fourth-order valence-corrected chi connectivity index (χ4v) is 3.39. The number of hydrogen-bond acceptors (Lipinski definition) is 5. The molecule has 0 fully saturated rings. The van der Waals surface area contributed by atoms with E-state index in [9.17, 15) is 9.90 Å². The number of thiophene rings is 1. The fourth-order valence-electron chi connectivity index (χ4n) is 2.47. The molecule has 0 aliphatic carbocycles. The van der Waals surface area contributed by atoms with Crippen LogP contribution in [0.3, 0.4) is 0 Å². The van der Waals surface area contributed by atoms with Crippen molar-refractivity contribution in [2.45, 2.75) is 0 Å². The zero-order valence-corrected chi connectivity index (χ0v) is 11.5. The Labute approximate surface area is 122 Å². The molecule has 0 atom stereocenters. The number of hydrogen-bond donors (Lipinski definition) is 1.